The predicted octanol–water partition coefficient (Wildman–Crippen LogP) is 2.44. The molecule has 0 atom stereocenters. The number of rotatable bonds is 8. The van der Waals surface area contributed by atoms with E-state index in [0.29, 0.717) is 31.5 Å². The van der Waals surface area contributed by atoms with Crippen LogP contribution in [0.1, 0.15) is 30.7 Å². The van der Waals surface area contributed by atoms with Gasteiger partial charge in [0.05, 0.1) is 6.61 Å². The lowest BCUT2D eigenvalue weighted by Crippen LogP contribution is -2.41. The van der Waals surface area contributed by atoms with Crippen LogP contribution in [0.2, 0.25) is 0 Å². The van der Waals surface area contributed by atoms with Crippen molar-refractivity contribution in [2.75, 3.05) is 26.8 Å². The minimum atomic E-state index is 0.0856. The van der Waals surface area contributed by atoms with E-state index in [1.165, 1.54) is 5.56 Å². The molecule has 0 heterocycles. The average Bonchev–Trinajstić information content (AvgIpc) is 2.41. The molecule has 5 heteroatoms. The lowest BCUT2D eigenvalue weighted by atomic mass is 9.76. The molecule has 0 aliphatic heterocycles. The summed E-state index contributed by atoms with van der Waals surface area (Å²) in [7, 11) is 1.63. The Morgan fingerprint density at radius 2 is 2.19 bits per heavy atom. The average molecular weight is 355 g/mol. The van der Waals surface area contributed by atoms with Gasteiger partial charge in [0.15, 0.2) is 0 Å². The summed E-state index contributed by atoms with van der Waals surface area (Å²) in [5.74, 6) is 0.734. The number of nitrogens with one attached hydrogen (secondary N) is 2. The highest BCUT2D eigenvalue weighted by atomic mass is 79.9. The van der Waals surface area contributed by atoms with Gasteiger partial charge < -0.3 is 15.4 Å². The number of benzene rings is 1. The van der Waals surface area contributed by atoms with Gasteiger partial charge in [-0.15, -0.1) is 0 Å². The number of carbonyl (C=O) groups is 1. The molecule has 2 rings (SSSR count). The maximum Gasteiger partial charge on any atom is 0.221 e. The van der Waals surface area contributed by atoms with Gasteiger partial charge in [0, 0.05) is 37.1 Å². The van der Waals surface area contributed by atoms with Gasteiger partial charge in [-0.3, -0.25) is 4.79 Å². The predicted molar refractivity (Wildman–Crippen MR) is 87.4 cm³/mol. The first-order valence-corrected chi connectivity index (χ1v) is 8.23. The van der Waals surface area contributed by atoms with Crippen molar-refractivity contribution >= 4 is 21.8 Å². The quantitative estimate of drug-likeness (QED) is 0.705. The van der Waals surface area contributed by atoms with Crippen LogP contribution in [0.25, 0.3) is 0 Å². The number of methoxy groups -OCH3 is 1. The molecule has 21 heavy (non-hydrogen) atoms. The Labute approximate surface area is 134 Å². The maximum absolute atomic E-state index is 11.5. The fourth-order valence-corrected chi connectivity index (χ4v) is 3.00. The standard InChI is InChI=1S/C16H23BrN2O2/c1-21-8-7-19-16(20)5-6-18-15-10-13(11-15)12-3-2-4-14(17)9-12/h2-4,9,13,15,18H,5-8,10-11H2,1H3,(H,19,20). The normalized spacial score (nSPS) is 20.9. The van der Waals surface area contributed by atoms with Gasteiger partial charge in [-0.1, -0.05) is 28.1 Å². The Bertz CT molecular complexity index is 461. The molecule has 1 aliphatic carbocycles. The molecule has 1 aliphatic rings. The number of carbonyl (C=O) groups excluding carboxylic acids is 1. The Morgan fingerprint density at radius 1 is 1.38 bits per heavy atom. The van der Waals surface area contributed by atoms with Crippen molar-refractivity contribution in [2.45, 2.75) is 31.2 Å². The molecule has 2 N–H and O–H groups in total. The molecule has 116 valence electrons. The highest BCUT2D eigenvalue weighted by Gasteiger charge is 2.29. The van der Waals surface area contributed by atoms with Crippen molar-refractivity contribution < 1.29 is 9.53 Å². The molecule has 1 aromatic rings. The number of amides is 1. The van der Waals surface area contributed by atoms with Crippen LogP contribution >= 0.6 is 15.9 Å². The summed E-state index contributed by atoms with van der Waals surface area (Å²) in [6.45, 7) is 1.90. The summed E-state index contributed by atoms with van der Waals surface area (Å²) < 4.78 is 6.03. The van der Waals surface area contributed by atoms with E-state index in [4.69, 9.17) is 4.74 Å². The van der Waals surface area contributed by atoms with Crippen molar-refractivity contribution in [3.63, 3.8) is 0 Å². The highest BCUT2D eigenvalue weighted by Crippen LogP contribution is 2.37. The fourth-order valence-electron chi connectivity index (χ4n) is 2.59. The molecule has 0 saturated heterocycles. The van der Waals surface area contributed by atoms with E-state index >= 15 is 0 Å². The van der Waals surface area contributed by atoms with E-state index in [0.717, 1.165) is 23.9 Å². The van der Waals surface area contributed by atoms with E-state index < -0.39 is 0 Å². The number of hydrogen-bond acceptors (Lipinski definition) is 3. The first-order chi connectivity index (χ1) is 10.2. The Morgan fingerprint density at radius 3 is 2.90 bits per heavy atom. The number of hydrogen-bond donors (Lipinski definition) is 2. The van der Waals surface area contributed by atoms with Crippen LogP contribution in [0.4, 0.5) is 0 Å². The van der Waals surface area contributed by atoms with E-state index in [2.05, 4.69) is 50.8 Å². The van der Waals surface area contributed by atoms with Crippen molar-refractivity contribution in [3.8, 4) is 0 Å². The molecule has 0 bridgehead atoms. The molecule has 0 unspecified atom stereocenters. The van der Waals surface area contributed by atoms with Gasteiger partial charge in [0.2, 0.25) is 5.91 Å². The smallest absolute Gasteiger partial charge is 0.221 e. The molecule has 4 nitrogen and oxygen atoms in total. The Kier molecular flexibility index (Phi) is 6.67. The van der Waals surface area contributed by atoms with Crippen LogP contribution in [0.15, 0.2) is 28.7 Å². The summed E-state index contributed by atoms with van der Waals surface area (Å²) in [5.41, 5.74) is 1.40. The van der Waals surface area contributed by atoms with Gasteiger partial charge in [-0.05, 0) is 36.5 Å². The van der Waals surface area contributed by atoms with Crippen LogP contribution in [0.3, 0.4) is 0 Å². The van der Waals surface area contributed by atoms with Crippen molar-refractivity contribution in [3.05, 3.63) is 34.3 Å². The monoisotopic (exact) mass is 354 g/mol. The zero-order valence-electron chi connectivity index (χ0n) is 12.4. The first kappa shape index (κ1) is 16.5. The summed E-state index contributed by atoms with van der Waals surface area (Å²) in [6, 6.07) is 9.07. The third-order valence-corrected chi connectivity index (χ3v) is 4.36. The van der Waals surface area contributed by atoms with Crippen LogP contribution in [-0.2, 0) is 9.53 Å². The second-order valence-corrected chi connectivity index (χ2v) is 6.38. The number of halogens is 1. The topological polar surface area (TPSA) is 50.4 Å². The van der Waals surface area contributed by atoms with E-state index in [-0.39, 0.29) is 5.91 Å². The van der Waals surface area contributed by atoms with Crippen molar-refractivity contribution in [2.24, 2.45) is 0 Å². The summed E-state index contributed by atoms with van der Waals surface area (Å²) >= 11 is 3.51. The molecule has 0 aromatic heterocycles. The Balaban J connectivity index is 1.57. The molecule has 1 fully saturated rings. The van der Waals surface area contributed by atoms with Gasteiger partial charge >= 0.3 is 0 Å². The van der Waals surface area contributed by atoms with Gasteiger partial charge in [-0.25, -0.2) is 0 Å². The van der Waals surface area contributed by atoms with Gasteiger partial charge in [0.25, 0.3) is 0 Å². The zero-order chi connectivity index (χ0) is 15.1. The minimum Gasteiger partial charge on any atom is -0.383 e. The third-order valence-electron chi connectivity index (χ3n) is 3.87. The van der Waals surface area contributed by atoms with Crippen molar-refractivity contribution in [1.29, 1.82) is 0 Å². The van der Waals surface area contributed by atoms with E-state index in [1.807, 2.05) is 0 Å². The van der Waals surface area contributed by atoms with E-state index in [1.54, 1.807) is 7.11 Å². The third kappa shape index (κ3) is 5.41. The van der Waals surface area contributed by atoms with Crippen LogP contribution in [-0.4, -0.2) is 38.8 Å². The second kappa shape index (κ2) is 8.51. The molecule has 0 spiro atoms. The maximum atomic E-state index is 11.5. The molecular formula is C16H23BrN2O2. The zero-order valence-corrected chi connectivity index (χ0v) is 14.0. The minimum absolute atomic E-state index is 0.0856. The molecular weight excluding hydrogens is 332 g/mol. The molecule has 0 radical (unpaired) electrons. The lowest BCUT2D eigenvalue weighted by Gasteiger charge is -2.36. The highest BCUT2D eigenvalue weighted by molar-refractivity contribution is 9.10. The van der Waals surface area contributed by atoms with Crippen LogP contribution < -0.4 is 10.6 Å². The molecule has 1 aromatic carbocycles. The fraction of sp³-hybridized carbons (Fsp3) is 0.562. The summed E-state index contributed by atoms with van der Waals surface area (Å²) in [5, 5.41) is 6.28. The van der Waals surface area contributed by atoms with Gasteiger partial charge in [-0.2, -0.15) is 0 Å². The first-order valence-electron chi connectivity index (χ1n) is 7.43. The largest absolute Gasteiger partial charge is 0.383 e. The Hall–Kier alpha value is -0.910. The van der Waals surface area contributed by atoms with E-state index in [9.17, 15) is 4.79 Å². The van der Waals surface area contributed by atoms with Crippen LogP contribution in [0.5, 0.6) is 0 Å². The SMILES string of the molecule is COCCNC(=O)CCNC1CC(c2cccc(Br)c2)C1. The second-order valence-electron chi connectivity index (χ2n) is 5.47. The van der Waals surface area contributed by atoms with Crippen molar-refractivity contribution in [1.82, 2.24) is 10.6 Å². The summed E-state index contributed by atoms with van der Waals surface area (Å²) in [4.78, 5) is 11.5. The van der Waals surface area contributed by atoms with Gasteiger partial charge in [0.1, 0.15) is 0 Å². The lowest BCUT2D eigenvalue weighted by molar-refractivity contribution is -0.121. The number of ether oxygens (including phenoxy) is 1. The van der Waals surface area contributed by atoms with Crippen LogP contribution in [0, 0.1) is 0 Å². The molecule has 1 amide bonds. The summed E-state index contributed by atoms with van der Waals surface area (Å²) in [6.07, 6.45) is 2.84. The molecule has 1 saturated carbocycles.